The Kier molecular flexibility index (Phi) is 8.12. The number of anilines is 1. The fraction of sp³-hybridized carbons (Fsp3) is 0.480. The van der Waals surface area contributed by atoms with Crippen LogP contribution in [0.1, 0.15) is 59.1 Å². The lowest BCUT2D eigenvalue weighted by molar-refractivity contribution is -0.128. The fourth-order valence-corrected chi connectivity index (χ4v) is 3.24. The van der Waals surface area contributed by atoms with Crippen LogP contribution in [0, 0.1) is 0 Å². The van der Waals surface area contributed by atoms with E-state index in [9.17, 15) is 4.79 Å². The molecule has 2 aromatic carbocycles. The van der Waals surface area contributed by atoms with Gasteiger partial charge in [-0.15, -0.1) is 0 Å². The van der Waals surface area contributed by atoms with Crippen LogP contribution >= 0.6 is 0 Å². The molecule has 2 aromatic rings. The highest BCUT2D eigenvalue weighted by Crippen LogP contribution is 2.25. The van der Waals surface area contributed by atoms with E-state index in [0.717, 1.165) is 24.4 Å². The zero-order chi connectivity index (χ0) is 21.4. The Morgan fingerprint density at radius 3 is 2.03 bits per heavy atom. The average molecular weight is 397 g/mol. The SMILES string of the molecule is CC[C@@H](Oc1ccc(C(C)(C)C)cc1)C(=O)NCc1ccc(N(CC)CC)cc1. The highest BCUT2D eigenvalue weighted by molar-refractivity contribution is 5.81. The van der Waals surface area contributed by atoms with Gasteiger partial charge in [-0.1, -0.05) is 52.0 Å². The molecule has 0 saturated heterocycles. The normalized spacial score (nSPS) is 12.3. The molecule has 0 bridgehead atoms. The maximum absolute atomic E-state index is 12.6. The Bertz CT molecular complexity index is 757. The van der Waals surface area contributed by atoms with Crippen molar-refractivity contribution in [3.05, 3.63) is 59.7 Å². The first-order valence-electron chi connectivity index (χ1n) is 10.7. The number of ether oxygens (including phenoxy) is 1. The molecule has 4 nitrogen and oxygen atoms in total. The van der Waals surface area contributed by atoms with E-state index in [2.05, 4.69) is 81.2 Å². The molecule has 0 aliphatic heterocycles. The highest BCUT2D eigenvalue weighted by atomic mass is 16.5. The monoisotopic (exact) mass is 396 g/mol. The molecule has 1 N–H and O–H groups in total. The number of benzene rings is 2. The smallest absolute Gasteiger partial charge is 0.261 e. The van der Waals surface area contributed by atoms with Gasteiger partial charge in [0.2, 0.25) is 0 Å². The molecule has 0 aliphatic rings. The molecule has 0 fully saturated rings. The van der Waals surface area contributed by atoms with Gasteiger partial charge in [-0.05, 0) is 61.1 Å². The van der Waals surface area contributed by atoms with Gasteiger partial charge in [0.05, 0.1) is 0 Å². The number of hydrogen-bond donors (Lipinski definition) is 1. The van der Waals surface area contributed by atoms with Crippen LogP contribution in [0.3, 0.4) is 0 Å². The second-order valence-electron chi connectivity index (χ2n) is 8.35. The molecule has 0 saturated carbocycles. The Balaban J connectivity index is 1.92. The van der Waals surface area contributed by atoms with E-state index >= 15 is 0 Å². The zero-order valence-electron chi connectivity index (χ0n) is 18.8. The van der Waals surface area contributed by atoms with Crippen molar-refractivity contribution in [3.8, 4) is 5.75 Å². The third kappa shape index (κ3) is 6.52. The number of amides is 1. The lowest BCUT2D eigenvalue weighted by Crippen LogP contribution is -2.37. The molecule has 1 atom stereocenters. The summed E-state index contributed by atoms with van der Waals surface area (Å²) in [5, 5.41) is 3.00. The summed E-state index contributed by atoms with van der Waals surface area (Å²) in [5.41, 5.74) is 3.63. The summed E-state index contributed by atoms with van der Waals surface area (Å²) in [6, 6.07) is 16.4. The second kappa shape index (κ2) is 10.3. The highest BCUT2D eigenvalue weighted by Gasteiger charge is 2.19. The van der Waals surface area contributed by atoms with Gasteiger partial charge in [0.15, 0.2) is 6.10 Å². The van der Waals surface area contributed by atoms with Crippen molar-refractivity contribution >= 4 is 11.6 Å². The van der Waals surface area contributed by atoms with Crippen LogP contribution in [-0.2, 0) is 16.8 Å². The van der Waals surface area contributed by atoms with Crippen molar-refractivity contribution in [2.75, 3.05) is 18.0 Å². The minimum atomic E-state index is -0.495. The van der Waals surface area contributed by atoms with Crippen molar-refractivity contribution in [1.29, 1.82) is 0 Å². The molecule has 0 unspecified atom stereocenters. The van der Waals surface area contributed by atoms with Crippen LogP contribution in [0.4, 0.5) is 5.69 Å². The van der Waals surface area contributed by atoms with Crippen molar-refractivity contribution in [1.82, 2.24) is 5.32 Å². The summed E-state index contributed by atoms with van der Waals surface area (Å²) in [7, 11) is 0. The zero-order valence-corrected chi connectivity index (χ0v) is 18.8. The maximum atomic E-state index is 12.6. The Labute approximate surface area is 176 Å². The third-order valence-electron chi connectivity index (χ3n) is 5.19. The number of nitrogens with zero attached hydrogens (tertiary/aromatic N) is 1. The minimum Gasteiger partial charge on any atom is -0.481 e. The first kappa shape index (κ1) is 22.8. The summed E-state index contributed by atoms with van der Waals surface area (Å²) >= 11 is 0. The molecular formula is C25H36N2O2. The molecule has 0 spiro atoms. The predicted molar refractivity (Wildman–Crippen MR) is 122 cm³/mol. The molecule has 2 rings (SSSR count). The van der Waals surface area contributed by atoms with E-state index in [1.54, 1.807) is 0 Å². The number of carbonyl (C=O) groups is 1. The van der Waals surface area contributed by atoms with E-state index in [4.69, 9.17) is 4.74 Å². The molecule has 29 heavy (non-hydrogen) atoms. The summed E-state index contributed by atoms with van der Waals surface area (Å²) in [4.78, 5) is 14.9. The van der Waals surface area contributed by atoms with Crippen LogP contribution in [0.5, 0.6) is 5.75 Å². The summed E-state index contributed by atoms with van der Waals surface area (Å²) in [6.45, 7) is 15.3. The molecular weight excluding hydrogens is 360 g/mol. The van der Waals surface area contributed by atoms with Crippen molar-refractivity contribution in [2.24, 2.45) is 0 Å². The molecule has 1 amide bonds. The fourth-order valence-electron chi connectivity index (χ4n) is 3.24. The van der Waals surface area contributed by atoms with Gasteiger partial charge in [0.25, 0.3) is 5.91 Å². The van der Waals surface area contributed by atoms with E-state index in [1.165, 1.54) is 11.3 Å². The standard InChI is InChI=1S/C25H36N2O2/c1-7-23(29-22-16-12-20(13-17-22)25(4,5)6)24(28)26-18-19-10-14-21(15-11-19)27(8-2)9-3/h10-17,23H,7-9,18H2,1-6H3,(H,26,28)/t23-/m1/s1. The van der Waals surface area contributed by atoms with Gasteiger partial charge in [-0.25, -0.2) is 0 Å². The van der Waals surface area contributed by atoms with Gasteiger partial charge in [-0.2, -0.15) is 0 Å². The molecule has 4 heteroatoms. The van der Waals surface area contributed by atoms with Crippen LogP contribution in [0.2, 0.25) is 0 Å². The van der Waals surface area contributed by atoms with Crippen LogP contribution in [0.25, 0.3) is 0 Å². The maximum Gasteiger partial charge on any atom is 0.261 e. The van der Waals surface area contributed by atoms with E-state index in [-0.39, 0.29) is 11.3 Å². The Morgan fingerprint density at radius 1 is 0.966 bits per heavy atom. The summed E-state index contributed by atoms with van der Waals surface area (Å²) in [6.07, 6.45) is 0.124. The third-order valence-corrected chi connectivity index (χ3v) is 5.19. The molecule has 0 aromatic heterocycles. The number of nitrogens with one attached hydrogen (secondary N) is 1. The number of rotatable bonds is 9. The van der Waals surface area contributed by atoms with Gasteiger partial charge in [0.1, 0.15) is 5.75 Å². The van der Waals surface area contributed by atoms with Gasteiger partial charge >= 0.3 is 0 Å². The van der Waals surface area contributed by atoms with E-state index in [1.807, 2.05) is 19.1 Å². The van der Waals surface area contributed by atoms with Gasteiger partial charge in [0, 0.05) is 25.3 Å². The largest absolute Gasteiger partial charge is 0.481 e. The first-order chi connectivity index (χ1) is 13.8. The number of carbonyl (C=O) groups excluding carboxylic acids is 1. The van der Waals surface area contributed by atoms with E-state index < -0.39 is 6.10 Å². The minimum absolute atomic E-state index is 0.0831. The summed E-state index contributed by atoms with van der Waals surface area (Å²) in [5.74, 6) is 0.642. The van der Waals surface area contributed by atoms with Crippen LogP contribution < -0.4 is 15.0 Å². The molecule has 0 radical (unpaired) electrons. The second-order valence-corrected chi connectivity index (χ2v) is 8.35. The Hall–Kier alpha value is -2.49. The average Bonchev–Trinajstić information content (AvgIpc) is 2.71. The molecule has 158 valence electrons. The lowest BCUT2D eigenvalue weighted by Gasteiger charge is -2.22. The van der Waals surface area contributed by atoms with Crippen molar-refractivity contribution < 1.29 is 9.53 Å². The first-order valence-corrected chi connectivity index (χ1v) is 10.7. The molecule has 0 aliphatic carbocycles. The van der Waals surface area contributed by atoms with Crippen LogP contribution in [-0.4, -0.2) is 25.1 Å². The van der Waals surface area contributed by atoms with Crippen LogP contribution in [0.15, 0.2) is 48.5 Å². The van der Waals surface area contributed by atoms with E-state index in [0.29, 0.717) is 13.0 Å². The van der Waals surface area contributed by atoms with Gasteiger partial charge in [-0.3, -0.25) is 4.79 Å². The number of hydrogen-bond acceptors (Lipinski definition) is 3. The quantitative estimate of drug-likeness (QED) is 0.625. The topological polar surface area (TPSA) is 41.6 Å². The molecule has 0 heterocycles. The Morgan fingerprint density at radius 2 is 1.55 bits per heavy atom. The summed E-state index contributed by atoms with van der Waals surface area (Å²) < 4.78 is 5.94. The predicted octanol–water partition coefficient (Wildman–Crippen LogP) is 5.30. The van der Waals surface area contributed by atoms with Crippen molar-refractivity contribution in [2.45, 2.75) is 66.0 Å². The van der Waals surface area contributed by atoms with Gasteiger partial charge < -0.3 is 15.0 Å². The van der Waals surface area contributed by atoms with Crippen molar-refractivity contribution in [3.63, 3.8) is 0 Å². The lowest BCUT2D eigenvalue weighted by atomic mass is 9.87.